The number of alkyl halides is 3. The van der Waals surface area contributed by atoms with Crippen LogP contribution < -0.4 is 16.0 Å². The van der Waals surface area contributed by atoms with Crippen LogP contribution in [0.1, 0.15) is 44.2 Å². The number of rotatable bonds is 8. The number of ether oxygens (including phenoxy) is 1. The monoisotopic (exact) mass is 530 g/mol. The topological polar surface area (TPSA) is 83.5 Å². The molecule has 0 radical (unpaired) electrons. The summed E-state index contributed by atoms with van der Waals surface area (Å²) < 4.78 is 43.8. The maximum atomic E-state index is 12.6. The summed E-state index contributed by atoms with van der Waals surface area (Å²) in [6.07, 6.45) is 4.31. The highest BCUT2D eigenvalue weighted by Crippen LogP contribution is 2.27. The highest BCUT2D eigenvalue weighted by molar-refractivity contribution is 14.0. The average Bonchev–Trinajstić information content (AvgIpc) is 2.95. The fraction of sp³-hybridized carbons (Fsp3) is 0.722. The van der Waals surface area contributed by atoms with Crippen molar-refractivity contribution >= 4 is 35.9 Å². The first-order chi connectivity index (χ1) is 13.5. The van der Waals surface area contributed by atoms with Crippen molar-refractivity contribution in [2.45, 2.75) is 50.8 Å². The van der Waals surface area contributed by atoms with Crippen LogP contribution in [0.25, 0.3) is 0 Å². The fourth-order valence-corrected chi connectivity index (χ4v) is 2.98. The number of halogens is 4. The van der Waals surface area contributed by atoms with Crippen LogP contribution in [0.4, 0.5) is 19.1 Å². The van der Waals surface area contributed by atoms with Crippen molar-refractivity contribution in [2.24, 2.45) is 4.99 Å². The van der Waals surface area contributed by atoms with Crippen LogP contribution in [-0.4, -0.2) is 55.3 Å². The molecule has 0 spiro atoms. The lowest BCUT2D eigenvalue weighted by atomic mass is 10.1. The Hall–Kier alpha value is -1.37. The minimum Gasteiger partial charge on any atom is -0.376 e. The van der Waals surface area contributed by atoms with Gasteiger partial charge in [0.25, 0.3) is 0 Å². The van der Waals surface area contributed by atoms with Crippen LogP contribution in [-0.2, 0) is 10.9 Å². The van der Waals surface area contributed by atoms with Gasteiger partial charge in [-0.3, -0.25) is 4.99 Å². The van der Waals surface area contributed by atoms with Crippen molar-refractivity contribution in [3.05, 3.63) is 18.0 Å². The second-order valence-corrected chi connectivity index (χ2v) is 6.60. The van der Waals surface area contributed by atoms with Crippen molar-refractivity contribution < 1.29 is 17.9 Å². The second-order valence-electron chi connectivity index (χ2n) is 6.60. The van der Waals surface area contributed by atoms with Gasteiger partial charge >= 0.3 is 6.18 Å². The van der Waals surface area contributed by atoms with Gasteiger partial charge in [-0.2, -0.15) is 13.2 Å². The molecule has 0 saturated heterocycles. The largest absolute Gasteiger partial charge is 0.433 e. The molecule has 29 heavy (non-hydrogen) atoms. The zero-order valence-electron chi connectivity index (χ0n) is 16.6. The van der Waals surface area contributed by atoms with Gasteiger partial charge in [0, 0.05) is 32.9 Å². The van der Waals surface area contributed by atoms with Gasteiger partial charge in [0.15, 0.2) is 5.96 Å². The molecule has 0 atom stereocenters. The summed E-state index contributed by atoms with van der Waals surface area (Å²) in [5.41, 5.74) is -0.968. The van der Waals surface area contributed by atoms with E-state index in [0.29, 0.717) is 38.3 Å². The standard InChI is InChI=1S/C18H29F3N6O.HI/c1-22-16(26-12-13-28-14-6-4-2-3-5-7-14)24-10-11-25-17-23-9-8-15(27-17)18(19,20)21;/h8-9,14H,2-7,10-13H2,1H3,(H2,22,24,26)(H,23,25,27);1H. The first-order valence-corrected chi connectivity index (χ1v) is 9.69. The average molecular weight is 530 g/mol. The van der Waals surface area contributed by atoms with Crippen molar-refractivity contribution in [1.82, 2.24) is 20.6 Å². The third-order valence-corrected chi connectivity index (χ3v) is 4.42. The Kier molecular flexibility index (Phi) is 12.2. The van der Waals surface area contributed by atoms with Gasteiger partial charge in [-0.25, -0.2) is 9.97 Å². The molecule has 1 aliphatic rings. The molecule has 0 aromatic carbocycles. The van der Waals surface area contributed by atoms with Crippen molar-refractivity contribution in [3.8, 4) is 0 Å². The number of aliphatic imine (C=N–C) groups is 1. The normalized spacial score (nSPS) is 15.9. The molecule has 0 bridgehead atoms. The summed E-state index contributed by atoms with van der Waals surface area (Å²) in [6, 6.07) is 0.840. The summed E-state index contributed by atoms with van der Waals surface area (Å²) in [4.78, 5) is 11.4. The smallest absolute Gasteiger partial charge is 0.376 e. The molecule has 166 valence electrons. The van der Waals surface area contributed by atoms with Gasteiger partial charge in [0.05, 0.1) is 12.7 Å². The maximum absolute atomic E-state index is 12.6. The Morgan fingerprint density at radius 3 is 2.48 bits per heavy atom. The predicted octanol–water partition coefficient (Wildman–Crippen LogP) is 3.43. The van der Waals surface area contributed by atoms with Crippen LogP contribution in [0.15, 0.2) is 17.3 Å². The van der Waals surface area contributed by atoms with Crippen molar-refractivity contribution in [2.75, 3.05) is 38.6 Å². The Balaban J connectivity index is 0.00000420. The number of guanidine groups is 1. The van der Waals surface area contributed by atoms with Gasteiger partial charge in [-0.1, -0.05) is 25.7 Å². The molecule has 0 amide bonds. The number of nitrogens with zero attached hydrogens (tertiary/aromatic N) is 3. The van der Waals surface area contributed by atoms with Gasteiger partial charge < -0.3 is 20.7 Å². The second kappa shape index (κ2) is 13.8. The van der Waals surface area contributed by atoms with Gasteiger partial charge in [-0.15, -0.1) is 24.0 Å². The zero-order chi connectivity index (χ0) is 20.2. The molecular weight excluding hydrogens is 500 g/mol. The summed E-state index contributed by atoms with van der Waals surface area (Å²) in [7, 11) is 1.66. The van der Waals surface area contributed by atoms with Gasteiger partial charge in [0.1, 0.15) is 5.69 Å². The Morgan fingerprint density at radius 1 is 1.14 bits per heavy atom. The summed E-state index contributed by atoms with van der Waals surface area (Å²) in [5.74, 6) is 0.549. The molecule has 1 aliphatic carbocycles. The molecule has 0 aliphatic heterocycles. The molecule has 0 unspecified atom stereocenters. The zero-order valence-corrected chi connectivity index (χ0v) is 18.9. The quantitative estimate of drug-likeness (QED) is 0.157. The molecule has 1 heterocycles. The lowest BCUT2D eigenvalue weighted by molar-refractivity contribution is -0.141. The first-order valence-electron chi connectivity index (χ1n) is 9.69. The van der Waals surface area contributed by atoms with E-state index in [1.54, 1.807) is 7.05 Å². The van der Waals surface area contributed by atoms with E-state index in [-0.39, 0.29) is 29.9 Å². The van der Waals surface area contributed by atoms with E-state index in [1.807, 2.05) is 0 Å². The van der Waals surface area contributed by atoms with Crippen LogP contribution in [0.5, 0.6) is 0 Å². The number of hydrogen-bond acceptors (Lipinski definition) is 5. The number of nitrogens with one attached hydrogen (secondary N) is 3. The van der Waals surface area contributed by atoms with E-state index in [4.69, 9.17) is 4.74 Å². The third kappa shape index (κ3) is 10.3. The summed E-state index contributed by atoms with van der Waals surface area (Å²) >= 11 is 0. The molecule has 2 rings (SSSR count). The van der Waals surface area contributed by atoms with Gasteiger partial charge in [0.2, 0.25) is 5.95 Å². The van der Waals surface area contributed by atoms with E-state index >= 15 is 0 Å². The van der Waals surface area contributed by atoms with E-state index in [1.165, 1.54) is 25.7 Å². The van der Waals surface area contributed by atoms with Crippen molar-refractivity contribution in [3.63, 3.8) is 0 Å². The molecule has 1 aromatic rings. The number of anilines is 1. The molecule has 1 aromatic heterocycles. The predicted molar refractivity (Wildman–Crippen MR) is 118 cm³/mol. The lowest BCUT2D eigenvalue weighted by Crippen LogP contribution is -2.41. The van der Waals surface area contributed by atoms with E-state index in [9.17, 15) is 13.2 Å². The van der Waals surface area contributed by atoms with E-state index in [0.717, 1.165) is 25.1 Å². The summed E-state index contributed by atoms with van der Waals surface area (Å²) in [6.45, 7) is 2.05. The molecular formula is C18H30F3IN6O. The van der Waals surface area contributed by atoms with Gasteiger partial charge in [-0.05, 0) is 18.9 Å². The maximum Gasteiger partial charge on any atom is 0.433 e. The number of aromatic nitrogens is 2. The SMILES string of the molecule is CN=C(NCCNc1nccc(C(F)(F)F)n1)NCCOC1CCCCCC1.I. The highest BCUT2D eigenvalue weighted by atomic mass is 127. The van der Waals surface area contributed by atoms with Crippen LogP contribution in [0, 0.1) is 0 Å². The highest BCUT2D eigenvalue weighted by Gasteiger charge is 2.32. The number of hydrogen-bond donors (Lipinski definition) is 3. The van der Waals surface area contributed by atoms with Crippen LogP contribution >= 0.6 is 24.0 Å². The van der Waals surface area contributed by atoms with Crippen LogP contribution in [0.2, 0.25) is 0 Å². The minimum atomic E-state index is -4.48. The lowest BCUT2D eigenvalue weighted by Gasteiger charge is -2.17. The van der Waals surface area contributed by atoms with E-state index in [2.05, 4.69) is 30.9 Å². The Morgan fingerprint density at radius 2 is 1.83 bits per heavy atom. The summed E-state index contributed by atoms with van der Waals surface area (Å²) in [5, 5.41) is 9.00. The molecule has 7 nitrogen and oxygen atoms in total. The third-order valence-electron chi connectivity index (χ3n) is 4.42. The first kappa shape index (κ1) is 25.7. The Bertz CT molecular complexity index is 610. The van der Waals surface area contributed by atoms with E-state index < -0.39 is 11.9 Å². The molecule has 1 saturated carbocycles. The molecule has 3 N–H and O–H groups in total. The molecule has 11 heteroatoms. The van der Waals surface area contributed by atoms with Crippen LogP contribution in [0.3, 0.4) is 0 Å². The molecule has 1 fully saturated rings. The Labute approximate surface area is 186 Å². The minimum absolute atomic E-state index is 0. The fourth-order valence-electron chi connectivity index (χ4n) is 2.98. The van der Waals surface area contributed by atoms with Crippen molar-refractivity contribution in [1.29, 1.82) is 0 Å².